The van der Waals surface area contributed by atoms with Crippen LogP contribution >= 0.6 is 45.3 Å². The molecule has 2 aliphatic heterocycles. The summed E-state index contributed by atoms with van der Waals surface area (Å²) in [5.41, 5.74) is 3.14. The van der Waals surface area contributed by atoms with Crippen molar-refractivity contribution in [3.8, 4) is 9.75 Å². The van der Waals surface area contributed by atoms with Crippen molar-refractivity contribution in [3.05, 3.63) is 91.3 Å². The molecule has 2 atom stereocenters. The normalized spacial score (nSPS) is 14.5. The molecule has 0 radical (unpaired) electrons. The largest absolute Gasteiger partial charge is 0.306 e. The number of amides is 2. The second-order valence-corrected chi connectivity index (χ2v) is 31.3. The summed E-state index contributed by atoms with van der Waals surface area (Å²) in [4.78, 5) is 43.7. The lowest BCUT2D eigenvalue weighted by atomic mass is 9.93. The molecule has 472 valence electrons. The molecule has 8 rings (SSSR count). The Morgan fingerprint density at radius 2 is 0.663 bits per heavy atom. The molecule has 2 amide bonds. The molecular formula is C78H114N2O2S4. The highest BCUT2D eigenvalue weighted by molar-refractivity contribution is 7.27. The molecule has 0 saturated heterocycles. The molecule has 0 N–H and O–H groups in total. The lowest BCUT2D eigenvalue weighted by molar-refractivity contribution is -0.124. The van der Waals surface area contributed by atoms with Gasteiger partial charge in [-0.2, -0.15) is 0 Å². The topological polar surface area (TPSA) is 40.6 Å². The van der Waals surface area contributed by atoms with Crippen LogP contribution in [0.25, 0.3) is 52.1 Å². The number of benzene rings is 2. The van der Waals surface area contributed by atoms with Gasteiger partial charge in [-0.1, -0.05) is 283 Å². The van der Waals surface area contributed by atoms with Crippen LogP contribution in [0.4, 0.5) is 0 Å². The molecule has 2 unspecified atom stereocenters. The van der Waals surface area contributed by atoms with E-state index in [0.29, 0.717) is 36.1 Å². The van der Waals surface area contributed by atoms with E-state index in [9.17, 15) is 0 Å². The Morgan fingerprint density at radius 3 is 1.05 bits per heavy atom. The maximum Gasteiger partial charge on any atom is 0.261 e. The first-order valence-corrected chi connectivity index (χ1v) is 39.2. The number of unbranched alkanes of at least 4 members (excludes halogenated alkanes) is 32. The van der Waals surface area contributed by atoms with Gasteiger partial charge in [0.05, 0.1) is 32.3 Å². The van der Waals surface area contributed by atoms with E-state index in [-0.39, 0.29) is 11.8 Å². The molecule has 4 nitrogen and oxygen atoms in total. The first-order chi connectivity index (χ1) is 42.2. The Hall–Kier alpha value is -3.56. The van der Waals surface area contributed by atoms with Crippen LogP contribution in [0.2, 0.25) is 0 Å². The first-order valence-electron chi connectivity index (χ1n) is 35.9. The van der Waals surface area contributed by atoms with Crippen LogP contribution < -0.4 is 0 Å². The molecule has 0 bridgehead atoms. The smallest absolute Gasteiger partial charge is 0.261 e. The molecule has 6 aromatic rings. The second kappa shape index (κ2) is 37.6. The van der Waals surface area contributed by atoms with Gasteiger partial charge in [-0.05, 0) is 98.5 Å². The van der Waals surface area contributed by atoms with E-state index in [1.165, 1.54) is 282 Å². The lowest BCUT2D eigenvalue weighted by Crippen LogP contribution is -2.34. The zero-order chi connectivity index (χ0) is 60.3. The minimum absolute atomic E-state index is 0.0589. The van der Waals surface area contributed by atoms with Gasteiger partial charge in [0.15, 0.2) is 0 Å². The Bertz CT molecular complexity index is 3030. The van der Waals surface area contributed by atoms with Crippen molar-refractivity contribution in [3.63, 3.8) is 0 Å². The summed E-state index contributed by atoms with van der Waals surface area (Å²) in [6.45, 7) is 15.0. The molecule has 0 spiro atoms. The van der Waals surface area contributed by atoms with E-state index < -0.39 is 0 Å². The number of thiophene rings is 4. The minimum Gasteiger partial charge on any atom is -0.306 e. The maximum absolute atomic E-state index is 16.1. The Morgan fingerprint density at radius 1 is 0.326 bits per heavy atom. The number of carbonyl (C=O) groups excluding carboxylic acids is 2. The van der Waals surface area contributed by atoms with E-state index in [4.69, 9.17) is 0 Å². The first kappa shape index (κ1) is 68.4. The third-order valence-electron chi connectivity index (χ3n) is 19.3. The van der Waals surface area contributed by atoms with Crippen molar-refractivity contribution in [2.75, 3.05) is 13.1 Å². The number of carbonyl (C=O) groups is 2. The van der Waals surface area contributed by atoms with Crippen molar-refractivity contribution in [2.24, 2.45) is 11.8 Å². The summed E-state index contributed by atoms with van der Waals surface area (Å²) in [7, 11) is 0. The predicted molar refractivity (Wildman–Crippen MR) is 383 cm³/mol. The highest BCUT2D eigenvalue weighted by Crippen LogP contribution is 2.51. The maximum atomic E-state index is 16.1. The average Bonchev–Trinajstić information content (AvgIpc) is 1.57. The molecular weight excluding hydrogens is 1130 g/mol. The van der Waals surface area contributed by atoms with Crippen LogP contribution in [0.1, 0.15) is 304 Å². The monoisotopic (exact) mass is 1240 g/mol. The van der Waals surface area contributed by atoms with Gasteiger partial charge in [-0.15, -0.1) is 45.3 Å². The molecule has 4 aromatic heterocycles. The Balaban J connectivity index is 1.11. The standard InChI is InChI=1S/C78H114N2O2S4/c1-7-11-15-19-23-27-29-33-37-41-44-61(43-39-35-31-25-21-17-13-9-3)57-79-73(68-52-47-59(5)83-68)71-72(78(79)82)74(69-54-53-67(85-69)70-56-64-49-51-65-66(76(64)86-70)50-48-63-55-60(6)84-75(63)65)80(77(71)81)58-62(45-40-36-32-26-22-18-14-10-4)46-42-38-34-30-28-24-20-16-12-8-2/h47-56,61-62H,7-46,57-58H2,1-6H3. The molecule has 2 aliphatic rings. The molecule has 8 heteroatoms. The van der Waals surface area contributed by atoms with Crippen molar-refractivity contribution in [2.45, 2.75) is 298 Å². The third kappa shape index (κ3) is 19.7. The summed E-state index contributed by atoms with van der Waals surface area (Å²) < 4.78 is 2.70. The van der Waals surface area contributed by atoms with Crippen LogP contribution in [-0.2, 0) is 9.59 Å². The molecule has 0 fully saturated rings. The molecule has 2 aromatic carbocycles. The van der Waals surface area contributed by atoms with Crippen molar-refractivity contribution in [1.82, 2.24) is 9.80 Å². The zero-order valence-electron chi connectivity index (χ0n) is 55.0. The van der Waals surface area contributed by atoms with Crippen LogP contribution in [0, 0.1) is 25.7 Å². The summed E-state index contributed by atoms with van der Waals surface area (Å²) in [5, 5.41) is 5.26. The van der Waals surface area contributed by atoms with Crippen LogP contribution in [0.15, 0.2) is 71.8 Å². The number of hydrogen-bond acceptors (Lipinski definition) is 6. The predicted octanol–water partition coefficient (Wildman–Crippen LogP) is 26.4. The molecule has 0 saturated carbocycles. The van der Waals surface area contributed by atoms with Gasteiger partial charge in [-0.25, -0.2) is 0 Å². The SMILES string of the molecule is CCCCCCCCCCCCC(CCCCCCCCCC)CN1C(=O)C2=C(c3ccc(-c4cc5ccc6c(ccc7cc(C)sc76)c5s4)s3)N(CC(CCCCCCCCCC)CCCCCCCCCCCC)C(=O)C2=C1c1ccc(C)s1. The molecule has 0 aliphatic carbocycles. The summed E-state index contributed by atoms with van der Waals surface area (Å²) in [6.07, 6.45) is 52.0. The fourth-order valence-corrected chi connectivity index (χ4v) is 18.5. The van der Waals surface area contributed by atoms with E-state index in [0.717, 1.165) is 46.8 Å². The zero-order valence-corrected chi connectivity index (χ0v) is 58.2. The van der Waals surface area contributed by atoms with Crippen molar-refractivity contribution < 1.29 is 9.59 Å². The molecule has 6 heterocycles. The fraction of sp³-hybridized carbons (Fsp3) is 0.641. The van der Waals surface area contributed by atoms with E-state index >= 15 is 9.59 Å². The van der Waals surface area contributed by atoms with Gasteiger partial charge in [0, 0.05) is 52.8 Å². The number of hydrogen-bond donors (Lipinski definition) is 0. The van der Waals surface area contributed by atoms with Gasteiger partial charge in [0.25, 0.3) is 11.8 Å². The minimum atomic E-state index is 0.0589. The van der Waals surface area contributed by atoms with E-state index in [2.05, 4.69) is 112 Å². The quantitative estimate of drug-likeness (QED) is 0.0357. The number of aryl methyl sites for hydroxylation is 2. The lowest BCUT2D eigenvalue weighted by Gasteiger charge is -2.29. The third-order valence-corrected chi connectivity index (χ3v) is 23.8. The molecule has 86 heavy (non-hydrogen) atoms. The highest BCUT2D eigenvalue weighted by Gasteiger charge is 2.50. The number of nitrogens with zero attached hydrogens (tertiary/aromatic N) is 2. The van der Waals surface area contributed by atoms with Crippen LogP contribution in [0.3, 0.4) is 0 Å². The van der Waals surface area contributed by atoms with Gasteiger partial charge in [0.1, 0.15) is 0 Å². The number of fused-ring (bicyclic) bond motifs is 6. The average molecular weight is 1240 g/mol. The van der Waals surface area contributed by atoms with Crippen LogP contribution in [-0.4, -0.2) is 34.7 Å². The van der Waals surface area contributed by atoms with Gasteiger partial charge >= 0.3 is 0 Å². The van der Waals surface area contributed by atoms with Crippen molar-refractivity contribution >= 4 is 99.5 Å². The summed E-state index contributed by atoms with van der Waals surface area (Å²) >= 11 is 7.34. The summed E-state index contributed by atoms with van der Waals surface area (Å²) in [5.74, 6) is 0.897. The van der Waals surface area contributed by atoms with Crippen LogP contribution in [0.5, 0.6) is 0 Å². The van der Waals surface area contributed by atoms with E-state index in [1.54, 1.807) is 22.7 Å². The number of rotatable bonds is 47. The summed E-state index contributed by atoms with van der Waals surface area (Å²) in [6, 6.07) is 23.0. The van der Waals surface area contributed by atoms with Gasteiger partial charge in [-0.3, -0.25) is 9.59 Å². The van der Waals surface area contributed by atoms with Crippen molar-refractivity contribution in [1.29, 1.82) is 0 Å². The van der Waals surface area contributed by atoms with Gasteiger partial charge < -0.3 is 9.80 Å². The second-order valence-electron chi connectivity index (χ2n) is 26.6. The Labute approximate surface area is 539 Å². The Kier molecular flexibility index (Phi) is 29.9. The fourth-order valence-electron chi connectivity index (χ4n) is 14.2. The van der Waals surface area contributed by atoms with Gasteiger partial charge in [0.2, 0.25) is 0 Å². The highest BCUT2D eigenvalue weighted by atomic mass is 32.1. The van der Waals surface area contributed by atoms with E-state index in [1.807, 2.05) is 22.7 Å².